The van der Waals surface area contributed by atoms with Gasteiger partial charge in [-0.15, -0.1) is 0 Å². The lowest BCUT2D eigenvalue weighted by Gasteiger charge is -2.19. The molecule has 0 spiro atoms. The lowest BCUT2D eigenvalue weighted by Crippen LogP contribution is -2.31. The Labute approximate surface area is 160 Å². The number of fused-ring (bicyclic) bond motifs is 1. The van der Waals surface area contributed by atoms with Crippen molar-refractivity contribution < 1.29 is 14.1 Å². The van der Waals surface area contributed by atoms with Gasteiger partial charge in [-0.25, -0.2) is 0 Å². The van der Waals surface area contributed by atoms with Crippen molar-refractivity contribution in [3.05, 3.63) is 52.9 Å². The first-order valence-electron chi connectivity index (χ1n) is 9.40. The molecule has 1 atom stereocenters. The summed E-state index contributed by atoms with van der Waals surface area (Å²) in [6.07, 6.45) is 0.501. The van der Waals surface area contributed by atoms with Crippen molar-refractivity contribution in [3.8, 4) is 0 Å². The van der Waals surface area contributed by atoms with Gasteiger partial charge in [-0.1, -0.05) is 50.2 Å². The van der Waals surface area contributed by atoms with Crippen LogP contribution in [0.25, 0.3) is 0 Å². The lowest BCUT2D eigenvalue weighted by atomic mass is 10.0. The normalized spacial score (nSPS) is 14.3. The molecule has 0 bridgehead atoms. The summed E-state index contributed by atoms with van der Waals surface area (Å²) in [4.78, 5) is 28.3. The highest BCUT2D eigenvalue weighted by Gasteiger charge is 2.27. The van der Waals surface area contributed by atoms with Crippen LogP contribution in [0.4, 0.5) is 0 Å². The third-order valence-electron chi connectivity index (χ3n) is 4.96. The van der Waals surface area contributed by atoms with E-state index < -0.39 is 0 Å². The molecule has 1 aliphatic rings. The van der Waals surface area contributed by atoms with Crippen molar-refractivity contribution in [2.75, 3.05) is 7.05 Å². The molecular weight excluding hydrogens is 342 g/mol. The molecule has 6 nitrogen and oxygen atoms in total. The molecule has 0 aliphatic carbocycles. The molecule has 6 heteroatoms. The van der Waals surface area contributed by atoms with Gasteiger partial charge in [0.25, 0.3) is 0 Å². The Balaban J connectivity index is 1.56. The Kier molecular flexibility index (Phi) is 5.63. The van der Waals surface area contributed by atoms with Crippen LogP contribution < -0.4 is 0 Å². The lowest BCUT2D eigenvalue weighted by molar-refractivity contribution is -0.135. The van der Waals surface area contributed by atoms with E-state index >= 15 is 0 Å². The number of benzene rings is 1. The van der Waals surface area contributed by atoms with Crippen molar-refractivity contribution in [2.24, 2.45) is 11.8 Å². The average Bonchev–Trinajstić information content (AvgIpc) is 3.26. The van der Waals surface area contributed by atoms with Gasteiger partial charge in [0.2, 0.25) is 11.8 Å². The molecule has 1 aromatic heterocycles. The fourth-order valence-electron chi connectivity index (χ4n) is 3.48. The first kappa shape index (κ1) is 19.1. The number of carbonyl (C=O) groups excluding carboxylic acids is 2. The highest BCUT2D eigenvalue weighted by molar-refractivity contribution is 5.79. The molecule has 0 fully saturated rings. The van der Waals surface area contributed by atoms with Crippen LogP contribution in [-0.4, -0.2) is 33.8 Å². The van der Waals surface area contributed by atoms with Crippen LogP contribution in [0.5, 0.6) is 0 Å². The first-order chi connectivity index (χ1) is 12.8. The fourth-order valence-corrected chi connectivity index (χ4v) is 3.48. The summed E-state index contributed by atoms with van der Waals surface area (Å²) >= 11 is 0. The van der Waals surface area contributed by atoms with E-state index in [0.29, 0.717) is 37.5 Å². The molecular formula is C21H27N3O3. The molecule has 2 heterocycles. The summed E-state index contributed by atoms with van der Waals surface area (Å²) in [5.74, 6) is 0.625. The Morgan fingerprint density at radius 2 is 1.81 bits per heavy atom. The predicted molar refractivity (Wildman–Crippen MR) is 101 cm³/mol. The number of nitrogens with zero attached hydrogens (tertiary/aromatic N) is 3. The van der Waals surface area contributed by atoms with E-state index in [1.807, 2.05) is 43.9 Å². The van der Waals surface area contributed by atoms with Gasteiger partial charge in [0, 0.05) is 44.5 Å². The number of hydrogen-bond donors (Lipinski definition) is 0. The van der Waals surface area contributed by atoms with E-state index in [0.717, 1.165) is 0 Å². The highest BCUT2D eigenvalue weighted by atomic mass is 16.5. The van der Waals surface area contributed by atoms with Crippen LogP contribution in [-0.2, 0) is 35.6 Å². The predicted octanol–water partition coefficient (Wildman–Crippen LogP) is 3.01. The van der Waals surface area contributed by atoms with E-state index in [-0.39, 0.29) is 23.7 Å². The second kappa shape index (κ2) is 7.94. The van der Waals surface area contributed by atoms with Gasteiger partial charge in [0.1, 0.15) is 11.5 Å². The molecule has 0 saturated heterocycles. The van der Waals surface area contributed by atoms with Crippen LogP contribution in [0.1, 0.15) is 43.4 Å². The molecule has 2 aromatic rings. The SMILES string of the molecule is CC(C)C(=O)N(C)Cc1cc(CC(C)C(=O)N2Cc3ccccc3C2)on1. The fraction of sp³-hybridized carbons (Fsp3) is 0.476. The van der Waals surface area contributed by atoms with Gasteiger partial charge in [-0.2, -0.15) is 0 Å². The minimum atomic E-state index is -0.185. The zero-order chi connectivity index (χ0) is 19.6. The molecule has 144 valence electrons. The second-order valence-electron chi connectivity index (χ2n) is 7.70. The van der Waals surface area contributed by atoms with Crippen LogP contribution >= 0.6 is 0 Å². The summed E-state index contributed by atoms with van der Waals surface area (Å²) in [7, 11) is 1.76. The van der Waals surface area contributed by atoms with E-state index in [1.165, 1.54) is 11.1 Å². The maximum absolute atomic E-state index is 12.8. The Morgan fingerprint density at radius 3 is 2.41 bits per heavy atom. The van der Waals surface area contributed by atoms with Crippen LogP contribution in [0.3, 0.4) is 0 Å². The summed E-state index contributed by atoms with van der Waals surface area (Å²) < 4.78 is 5.39. The van der Waals surface area contributed by atoms with Crippen molar-refractivity contribution in [1.29, 1.82) is 0 Å². The molecule has 1 aromatic carbocycles. The van der Waals surface area contributed by atoms with Crippen LogP contribution in [0.2, 0.25) is 0 Å². The highest BCUT2D eigenvalue weighted by Crippen LogP contribution is 2.24. The maximum atomic E-state index is 12.8. The van der Waals surface area contributed by atoms with Crippen molar-refractivity contribution in [1.82, 2.24) is 15.0 Å². The molecule has 1 aliphatic heterocycles. The summed E-state index contributed by atoms with van der Waals surface area (Å²) in [6.45, 7) is 7.41. The number of aromatic nitrogens is 1. The van der Waals surface area contributed by atoms with Crippen molar-refractivity contribution >= 4 is 11.8 Å². The standard InChI is InChI=1S/C21H27N3O3/c1-14(2)20(25)23(4)13-18-10-19(27-22-18)9-15(3)21(26)24-11-16-7-5-6-8-17(16)12-24/h5-8,10,14-15H,9,11-13H2,1-4H3. The Hall–Kier alpha value is -2.63. The van der Waals surface area contributed by atoms with Gasteiger partial charge < -0.3 is 14.3 Å². The monoisotopic (exact) mass is 369 g/mol. The molecule has 1 unspecified atom stereocenters. The molecule has 2 amide bonds. The number of rotatable bonds is 6. The average molecular weight is 369 g/mol. The molecule has 0 radical (unpaired) electrons. The van der Waals surface area contributed by atoms with Gasteiger partial charge in [0.05, 0.1) is 6.54 Å². The van der Waals surface area contributed by atoms with Crippen molar-refractivity contribution in [2.45, 2.75) is 46.8 Å². The van der Waals surface area contributed by atoms with Gasteiger partial charge >= 0.3 is 0 Å². The van der Waals surface area contributed by atoms with Crippen LogP contribution in [0.15, 0.2) is 34.9 Å². The number of amides is 2. The topological polar surface area (TPSA) is 66.7 Å². The first-order valence-corrected chi connectivity index (χ1v) is 9.40. The quantitative estimate of drug-likeness (QED) is 0.785. The minimum Gasteiger partial charge on any atom is -0.361 e. The largest absolute Gasteiger partial charge is 0.361 e. The van der Waals surface area contributed by atoms with E-state index in [9.17, 15) is 9.59 Å². The molecule has 3 rings (SSSR count). The zero-order valence-corrected chi connectivity index (χ0v) is 16.4. The second-order valence-corrected chi connectivity index (χ2v) is 7.70. The minimum absolute atomic E-state index is 0.0522. The maximum Gasteiger partial charge on any atom is 0.226 e. The van der Waals surface area contributed by atoms with Gasteiger partial charge in [-0.05, 0) is 11.1 Å². The number of hydrogen-bond acceptors (Lipinski definition) is 4. The number of carbonyl (C=O) groups is 2. The summed E-state index contributed by atoms with van der Waals surface area (Å²) in [5.41, 5.74) is 3.14. The molecule has 0 N–H and O–H groups in total. The smallest absolute Gasteiger partial charge is 0.226 e. The molecule has 0 saturated carbocycles. The zero-order valence-electron chi connectivity index (χ0n) is 16.4. The molecule has 27 heavy (non-hydrogen) atoms. The van der Waals surface area contributed by atoms with Crippen LogP contribution in [0, 0.1) is 11.8 Å². The Morgan fingerprint density at radius 1 is 1.19 bits per heavy atom. The Bertz CT molecular complexity index is 803. The summed E-state index contributed by atoms with van der Waals surface area (Å²) in [6, 6.07) is 10.0. The van der Waals surface area contributed by atoms with E-state index in [2.05, 4.69) is 17.3 Å². The van der Waals surface area contributed by atoms with Gasteiger partial charge in [-0.3, -0.25) is 9.59 Å². The third-order valence-corrected chi connectivity index (χ3v) is 4.96. The van der Waals surface area contributed by atoms with Gasteiger partial charge in [0.15, 0.2) is 0 Å². The van der Waals surface area contributed by atoms with E-state index in [4.69, 9.17) is 4.52 Å². The third kappa shape index (κ3) is 4.38. The summed E-state index contributed by atoms with van der Waals surface area (Å²) in [5, 5.41) is 4.05. The van der Waals surface area contributed by atoms with E-state index in [1.54, 1.807) is 11.9 Å². The van der Waals surface area contributed by atoms with Crippen molar-refractivity contribution in [3.63, 3.8) is 0 Å².